The largest absolute Gasteiger partial charge is 0.460 e. The summed E-state index contributed by atoms with van der Waals surface area (Å²) in [5.74, 6) is 0.730. The van der Waals surface area contributed by atoms with Crippen molar-refractivity contribution in [3.63, 3.8) is 0 Å². The zero-order valence-corrected chi connectivity index (χ0v) is 21.5. The first-order chi connectivity index (χ1) is 16.7. The van der Waals surface area contributed by atoms with Gasteiger partial charge in [0.15, 0.2) is 5.65 Å². The summed E-state index contributed by atoms with van der Waals surface area (Å²) in [6.45, 7) is 8.24. The van der Waals surface area contributed by atoms with Gasteiger partial charge in [0, 0.05) is 57.6 Å². The van der Waals surface area contributed by atoms with E-state index in [4.69, 9.17) is 14.7 Å². The van der Waals surface area contributed by atoms with Gasteiger partial charge in [0.05, 0.1) is 6.20 Å². The van der Waals surface area contributed by atoms with Crippen LogP contribution in [0.15, 0.2) is 24.4 Å². The lowest BCUT2D eigenvalue weighted by Gasteiger charge is -2.28. The second kappa shape index (κ2) is 10.5. The Balaban J connectivity index is 1.65. The molecule has 1 aliphatic rings. The van der Waals surface area contributed by atoms with Crippen molar-refractivity contribution in [1.82, 2.24) is 24.5 Å². The van der Waals surface area contributed by atoms with Gasteiger partial charge < -0.3 is 25.2 Å². The molecule has 0 aliphatic carbocycles. The molecule has 3 heterocycles. The molecule has 188 valence electrons. The molecular formula is C25H36N8O2. The quantitative estimate of drug-likeness (QED) is 0.506. The number of hydrogen-bond donors (Lipinski definition) is 2. The summed E-state index contributed by atoms with van der Waals surface area (Å²) in [6, 6.07) is 6.24. The minimum absolute atomic E-state index is 0.0987. The van der Waals surface area contributed by atoms with E-state index in [0.29, 0.717) is 18.5 Å². The number of amides is 1. The molecule has 1 aromatic carbocycles. The Bertz CT molecular complexity index is 1180. The van der Waals surface area contributed by atoms with Crippen molar-refractivity contribution >= 4 is 28.9 Å². The summed E-state index contributed by atoms with van der Waals surface area (Å²) in [7, 11) is 6.12. The highest BCUT2D eigenvalue weighted by Crippen LogP contribution is 2.27. The molecule has 0 bridgehead atoms. The van der Waals surface area contributed by atoms with E-state index in [-0.39, 0.29) is 17.9 Å². The molecule has 0 atom stereocenters. The lowest BCUT2D eigenvalue weighted by molar-refractivity contribution is -0.114. The zero-order chi connectivity index (χ0) is 25.1. The fourth-order valence-electron chi connectivity index (χ4n) is 4.32. The number of fused-ring (bicyclic) bond motifs is 1. The summed E-state index contributed by atoms with van der Waals surface area (Å²) in [6.07, 6.45) is 3.85. The van der Waals surface area contributed by atoms with Crippen molar-refractivity contribution in [3.05, 3.63) is 35.5 Å². The number of carbonyl (C=O) groups is 1. The van der Waals surface area contributed by atoms with Crippen LogP contribution in [-0.4, -0.2) is 70.7 Å². The Kier molecular flexibility index (Phi) is 7.39. The molecule has 1 aliphatic heterocycles. The minimum Gasteiger partial charge on any atom is -0.460 e. The van der Waals surface area contributed by atoms with Gasteiger partial charge in [0.1, 0.15) is 6.10 Å². The maximum atomic E-state index is 11.6. The van der Waals surface area contributed by atoms with Crippen molar-refractivity contribution in [2.24, 2.45) is 0 Å². The van der Waals surface area contributed by atoms with Gasteiger partial charge in [-0.1, -0.05) is 13.8 Å². The van der Waals surface area contributed by atoms with Crippen LogP contribution in [0.25, 0.3) is 5.65 Å². The SMILES string of the molecule is CC(=O)Nc1ccc(N(C)C)c(CNc2nc(OC3CCN(C)CC3)nc3c(C(C)C)cnn23)c1. The minimum atomic E-state index is -0.104. The fraction of sp³-hybridized carbons (Fsp3) is 0.520. The lowest BCUT2D eigenvalue weighted by atomic mass is 10.1. The number of carbonyl (C=O) groups excluding carboxylic acids is 1. The molecule has 4 rings (SSSR count). The van der Waals surface area contributed by atoms with E-state index in [0.717, 1.165) is 54.1 Å². The predicted octanol–water partition coefficient (Wildman–Crippen LogP) is 3.36. The Morgan fingerprint density at radius 3 is 2.63 bits per heavy atom. The summed E-state index contributed by atoms with van der Waals surface area (Å²) in [4.78, 5) is 25.4. The second-order valence-electron chi connectivity index (χ2n) is 9.71. The van der Waals surface area contributed by atoms with Crippen LogP contribution in [0.4, 0.5) is 17.3 Å². The Labute approximate surface area is 206 Å². The van der Waals surface area contributed by atoms with E-state index in [1.807, 2.05) is 43.4 Å². The molecule has 2 N–H and O–H groups in total. The molecule has 1 saturated heterocycles. The molecular weight excluding hydrogens is 444 g/mol. The van der Waals surface area contributed by atoms with Gasteiger partial charge in [0.2, 0.25) is 11.9 Å². The summed E-state index contributed by atoms with van der Waals surface area (Å²) in [5.41, 5.74) is 4.61. The number of nitrogens with zero attached hydrogens (tertiary/aromatic N) is 6. The van der Waals surface area contributed by atoms with Crippen LogP contribution in [0.2, 0.25) is 0 Å². The van der Waals surface area contributed by atoms with Crippen LogP contribution in [0.1, 0.15) is 50.7 Å². The number of likely N-dealkylation sites (tertiary alicyclic amines) is 1. The first-order valence-corrected chi connectivity index (χ1v) is 12.1. The van der Waals surface area contributed by atoms with Crippen LogP contribution >= 0.6 is 0 Å². The Morgan fingerprint density at radius 1 is 1.23 bits per heavy atom. The molecule has 0 saturated carbocycles. The average Bonchev–Trinajstić information content (AvgIpc) is 3.23. The fourth-order valence-corrected chi connectivity index (χ4v) is 4.32. The van der Waals surface area contributed by atoms with E-state index in [9.17, 15) is 4.79 Å². The molecule has 10 heteroatoms. The third-order valence-corrected chi connectivity index (χ3v) is 6.25. The van der Waals surface area contributed by atoms with E-state index in [2.05, 4.69) is 41.5 Å². The van der Waals surface area contributed by atoms with Crippen LogP contribution in [-0.2, 0) is 11.3 Å². The summed E-state index contributed by atoms with van der Waals surface area (Å²) in [5, 5.41) is 10.9. The van der Waals surface area contributed by atoms with Gasteiger partial charge in [-0.15, -0.1) is 0 Å². The predicted molar refractivity (Wildman–Crippen MR) is 138 cm³/mol. The van der Waals surface area contributed by atoms with Crippen LogP contribution in [0.5, 0.6) is 6.01 Å². The number of benzene rings is 1. The topological polar surface area (TPSA) is 99.9 Å². The third kappa shape index (κ3) is 5.82. The number of aromatic nitrogens is 4. The second-order valence-corrected chi connectivity index (χ2v) is 9.71. The maximum absolute atomic E-state index is 11.6. The van der Waals surface area contributed by atoms with Crippen LogP contribution in [0.3, 0.4) is 0 Å². The molecule has 3 aromatic rings. The molecule has 1 fully saturated rings. The van der Waals surface area contributed by atoms with Crippen LogP contribution in [0, 0.1) is 0 Å². The molecule has 0 radical (unpaired) electrons. The molecule has 0 unspecified atom stereocenters. The molecule has 1 amide bonds. The average molecular weight is 481 g/mol. The van der Waals surface area contributed by atoms with E-state index in [1.165, 1.54) is 6.92 Å². The van der Waals surface area contributed by atoms with E-state index >= 15 is 0 Å². The number of nitrogens with one attached hydrogen (secondary N) is 2. The Hall–Kier alpha value is -3.40. The van der Waals surface area contributed by atoms with Crippen molar-refractivity contribution in [3.8, 4) is 6.01 Å². The van der Waals surface area contributed by atoms with Crippen molar-refractivity contribution < 1.29 is 9.53 Å². The number of piperidine rings is 1. The lowest BCUT2D eigenvalue weighted by Crippen LogP contribution is -2.36. The van der Waals surface area contributed by atoms with Crippen molar-refractivity contribution in [2.45, 2.75) is 52.2 Å². The highest BCUT2D eigenvalue weighted by Gasteiger charge is 2.22. The highest BCUT2D eigenvalue weighted by atomic mass is 16.5. The zero-order valence-electron chi connectivity index (χ0n) is 21.5. The van der Waals surface area contributed by atoms with Crippen molar-refractivity contribution in [1.29, 1.82) is 0 Å². The first kappa shape index (κ1) is 24.7. The number of ether oxygens (including phenoxy) is 1. The molecule has 2 aromatic heterocycles. The van der Waals surface area contributed by atoms with Gasteiger partial charge in [-0.2, -0.15) is 19.6 Å². The van der Waals surface area contributed by atoms with Gasteiger partial charge in [-0.05, 0) is 49.6 Å². The molecule has 35 heavy (non-hydrogen) atoms. The maximum Gasteiger partial charge on any atom is 0.322 e. The monoisotopic (exact) mass is 480 g/mol. The smallest absolute Gasteiger partial charge is 0.322 e. The van der Waals surface area contributed by atoms with Gasteiger partial charge in [0.25, 0.3) is 0 Å². The summed E-state index contributed by atoms with van der Waals surface area (Å²) < 4.78 is 7.99. The number of anilines is 3. The van der Waals surface area contributed by atoms with E-state index in [1.54, 1.807) is 4.52 Å². The first-order valence-electron chi connectivity index (χ1n) is 12.1. The molecule has 10 nitrogen and oxygen atoms in total. The van der Waals surface area contributed by atoms with Gasteiger partial charge >= 0.3 is 6.01 Å². The third-order valence-electron chi connectivity index (χ3n) is 6.25. The summed E-state index contributed by atoms with van der Waals surface area (Å²) >= 11 is 0. The van der Waals surface area contributed by atoms with Gasteiger partial charge in [-0.25, -0.2) is 0 Å². The normalized spacial score (nSPS) is 14.9. The van der Waals surface area contributed by atoms with Gasteiger partial charge in [-0.3, -0.25) is 4.79 Å². The van der Waals surface area contributed by atoms with Crippen LogP contribution < -0.4 is 20.3 Å². The molecule has 0 spiro atoms. The number of hydrogen-bond acceptors (Lipinski definition) is 8. The standard InChI is InChI=1S/C25H36N8O2/c1-16(2)21-15-27-33-23(21)29-25(35-20-9-11-32(6)12-10-20)30-24(33)26-14-18-13-19(28-17(3)34)7-8-22(18)31(4)5/h7-8,13,15-16,20H,9-12,14H2,1-6H3,(H,28,34)(H,26,29,30). The Morgan fingerprint density at radius 2 is 1.97 bits per heavy atom. The number of rotatable bonds is 8. The highest BCUT2D eigenvalue weighted by molar-refractivity contribution is 5.89. The van der Waals surface area contributed by atoms with Crippen molar-refractivity contribution in [2.75, 3.05) is 49.8 Å². The van der Waals surface area contributed by atoms with E-state index < -0.39 is 0 Å².